The Kier molecular flexibility index (Phi) is 3.91. The Balaban J connectivity index is 1.87. The molecule has 1 saturated carbocycles. The van der Waals surface area contributed by atoms with Gasteiger partial charge in [0.15, 0.2) is 5.16 Å². The van der Waals surface area contributed by atoms with Crippen molar-refractivity contribution in [1.29, 1.82) is 0 Å². The second kappa shape index (κ2) is 5.76. The van der Waals surface area contributed by atoms with E-state index in [-0.39, 0.29) is 10.4 Å². The summed E-state index contributed by atoms with van der Waals surface area (Å²) in [6.07, 6.45) is 3.67. The number of hydrogen-bond acceptors (Lipinski definition) is 7. The third-order valence-electron chi connectivity index (χ3n) is 4.18. The van der Waals surface area contributed by atoms with Crippen LogP contribution in [0.2, 0.25) is 0 Å². The van der Waals surface area contributed by atoms with Crippen molar-refractivity contribution < 1.29 is 8.42 Å². The molecular formula is C15H17N5O2S3. The SMILES string of the molecule is CSc1nc2ccc(S(=O)(=O)NC3(C)CC3)cc2n1-c1nnc(C)s1. The maximum Gasteiger partial charge on any atom is 0.241 e. The molecule has 10 heteroatoms. The highest BCUT2D eigenvalue weighted by Gasteiger charge is 2.41. The molecular weight excluding hydrogens is 378 g/mol. The fourth-order valence-electron chi connectivity index (χ4n) is 2.57. The number of hydrogen-bond donors (Lipinski definition) is 1. The molecule has 2 aromatic heterocycles. The topological polar surface area (TPSA) is 89.8 Å². The third-order valence-corrected chi connectivity index (χ3v) is 7.27. The van der Waals surface area contributed by atoms with Crippen LogP contribution in [0, 0.1) is 6.92 Å². The van der Waals surface area contributed by atoms with Crippen molar-refractivity contribution >= 4 is 44.2 Å². The summed E-state index contributed by atoms with van der Waals surface area (Å²) in [5, 5.41) is 10.5. The van der Waals surface area contributed by atoms with Crippen molar-refractivity contribution in [2.24, 2.45) is 0 Å². The summed E-state index contributed by atoms with van der Waals surface area (Å²) in [5.41, 5.74) is 1.13. The van der Waals surface area contributed by atoms with Crippen molar-refractivity contribution in [3.05, 3.63) is 23.2 Å². The van der Waals surface area contributed by atoms with Gasteiger partial charge in [0.1, 0.15) is 5.01 Å². The van der Waals surface area contributed by atoms with E-state index >= 15 is 0 Å². The van der Waals surface area contributed by atoms with E-state index in [1.807, 2.05) is 24.7 Å². The van der Waals surface area contributed by atoms with Crippen molar-refractivity contribution in [2.75, 3.05) is 6.26 Å². The zero-order valence-corrected chi connectivity index (χ0v) is 16.4. The molecule has 7 nitrogen and oxygen atoms in total. The van der Waals surface area contributed by atoms with E-state index in [0.717, 1.165) is 28.5 Å². The smallest absolute Gasteiger partial charge is 0.241 e. The Morgan fingerprint density at radius 3 is 2.68 bits per heavy atom. The molecule has 2 heterocycles. The first-order valence-electron chi connectivity index (χ1n) is 7.72. The summed E-state index contributed by atoms with van der Waals surface area (Å²) in [7, 11) is -3.57. The van der Waals surface area contributed by atoms with E-state index in [0.29, 0.717) is 10.6 Å². The van der Waals surface area contributed by atoms with Crippen molar-refractivity contribution in [1.82, 2.24) is 24.5 Å². The van der Waals surface area contributed by atoms with Crippen molar-refractivity contribution in [3.8, 4) is 5.13 Å². The highest BCUT2D eigenvalue weighted by Crippen LogP contribution is 2.36. The quantitative estimate of drug-likeness (QED) is 0.668. The van der Waals surface area contributed by atoms with Crippen LogP contribution in [0.25, 0.3) is 16.2 Å². The van der Waals surface area contributed by atoms with Gasteiger partial charge in [-0.15, -0.1) is 10.2 Å². The van der Waals surface area contributed by atoms with Crippen LogP contribution in [0.3, 0.4) is 0 Å². The number of nitrogens with zero attached hydrogens (tertiary/aromatic N) is 4. The molecule has 132 valence electrons. The van der Waals surface area contributed by atoms with Crippen LogP contribution in [0.4, 0.5) is 0 Å². The molecule has 25 heavy (non-hydrogen) atoms. The second-order valence-corrected chi connectivity index (χ2v) is 9.97. The monoisotopic (exact) mass is 395 g/mol. The minimum atomic E-state index is -3.57. The first-order chi connectivity index (χ1) is 11.8. The molecule has 0 unspecified atom stereocenters. The average molecular weight is 396 g/mol. The van der Waals surface area contributed by atoms with Gasteiger partial charge in [-0.25, -0.2) is 18.1 Å². The fraction of sp³-hybridized carbons (Fsp3) is 0.400. The summed E-state index contributed by atoms with van der Waals surface area (Å²) in [6, 6.07) is 5.00. The number of nitrogens with one attached hydrogen (secondary N) is 1. The first kappa shape index (κ1) is 17.0. The Bertz CT molecular complexity index is 1070. The van der Waals surface area contributed by atoms with E-state index in [9.17, 15) is 8.42 Å². The van der Waals surface area contributed by atoms with E-state index in [2.05, 4.69) is 19.9 Å². The highest BCUT2D eigenvalue weighted by atomic mass is 32.2. The molecule has 3 aromatic rings. The maximum absolute atomic E-state index is 12.7. The van der Waals surface area contributed by atoms with Crippen LogP contribution in [0.15, 0.2) is 28.3 Å². The molecule has 0 amide bonds. The van der Waals surface area contributed by atoms with Crippen molar-refractivity contribution in [2.45, 2.75) is 42.3 Å². The Morgan fingerprint density at radius 1 is 1.32 bits per heavy atom. The predicted octanol–water partition coefficient (Wildman–Crippen LogP) is 2.74. The molecule has 1 N–H and O–H groups in total. The number of benzene rings is 1. The van der Waals surface area contributed by atoms with Gasteiger partial charge >= 0.3 is 0 Å². The van der Waals surface area contributed by atoms with Gasteiger partial charge in [0, 0.05) is 5.54 Å². The zero-order chi connectivity index (χ0) is 17.8. The number of fused-ring (bicyclic) bond motifs is 1. The largest absolute Gasteiger partial charge is 0.261 e. The number of aryl methyl sites for hydroxylation is 1. The second-order valence-electron chi connectivity index (χ2n) is 6.35. The summed E-state index contributed by atoms with van der Waals surface area (Å²) in [6.45, 7) is 3.80. The lowest BCUT2D eigenvalue weighted by molar-refractivity contribution is 0.558. The van der Waals surface area contributed by atoms with E-state index in [1.165, 1.54) is 23.1 Å². The lowest BCUT2D eigenvalue weighted by Gasteiger charge is -2.12. The molecule has 0 bridgehead atoms. The molecule has 0 radical (unpaired) electrons. The van der Waals surface area contributed by atoms with Gasteiger partial charge in [0.2, 0.25) is 15.2 Å². The summed E-state index contributed by atoms with van der Waals surface area (Å²) < 4.78 is 30.0. The van der Waals surface area contributed by atoms with Gasteiger partial charge in [0.25, 0.3) is 0 Å². The number of aromatic nitrogens is 4. The zero-order valence-electron chi connectivity index (χ0n) is 14.0. The van der Waals surface area contributed by atoms with Crippen LogP contribution >= 0.6 is 23.1 Å². The molecule has 1 aliphatic rings. The molecule has 1 fully saturated rings. The minimum absolute atomic E-state index is 0.239. The van der Waals surface area contributed by atoms with Gasteiger partial charge in [0.05, 0.1) is 15.9 Å². The molecule has 0 spiro atoms. The van der Waals surface area contributed by atoms with Crippen LogP contribution in [-0.2, 0) is 10.0 Å². The fourth-order valence-corrected chi connectivity index (χ4v) is 5.37. The minimum Gasteiger partial charge on any atom is -0.261 e. The van der Waals surface area contributed by atoms with Crippen LogP contribution in [0.5, 0.6) is 0 Å². The number of rotatable bonds is 5. The molecule has 0 saturated heterocycles. The van der Waals surface area contributed by atoms with Crippen LogP contribution < -0.4 is 4.72 Å². The van der Waals surface area contributed by atoms with Gasteiger partial charge < -0.3 is 0 Å². The van der Waals surface area contributed by atoms with Gasteiger partial charge in [-0.05, 0) is 51.1 Å². The maximum atomic E-state index is 12.7. The van der Waals surface area contributed by atoms with Gasteiger partial charge in [-0.3, -0.25) is 4.57 Å². The lowest BCUT2D eigenvalue weighted by atomic mass is 10.3. The summed E-state index contributed by atoms with van der Waals surface area (Å²) in [5.74, 6) is 0. The standard InChI is InChI=1S/C15H17N5O2S3/c1-9-17-18-14(24-9)20-12-8-10(4-5-11(12)16-13(20)23-3)25(21,22)19-15(2)6-7-15/h4-5,8,19H,6-7H2,1-3H3. The number of imidazole rings is 1. The van der Waals surface area contributed by atoms with E-state index in [4.69, 9.17) is 0 Å². The number of thioether (sulfide) groups is 1. The first-order valence-corrected chi connectivity index (χ1v) is 11.2. The van der Waals surface area contributed by atoms with E-state index in [1.54, 1.807) is 18.2 Å². The number of sulfonamides is 1. The molecule has 1 aromatic carbocycles. The molecule has 0 aliphatic heterocycles. The summed E-state index contributed by atoms with van der Waals surface area (Å²) in [4.78, 5) is 4.82. The average Bonchev–Trinajstić information content (AvgIpc) is 2.97. The Hall–Kier alpha value is -1.49. The third kappa shape index (κ3) is 3.07. The van der Waals surface area contributed by atoms with Crippen molar-refractivity contribution in [3.63, 3.8) is 0 Å². The van der Waals surface area contributed by atoms with E-state index < -0.39 is 10.0 Å². The Labute approximate surface area is 153 Å². The lowest BCUT2D eigenvalue weighted by Crippen LogP contribution is -2.34. The van der Waals surface area contributed by atoms with Gasteiger partial charge in [-0.1, -0.05) is 23.1 Å². The van der Waals surface area contributed by atoms with Gasteiger partial charge in [-0.2, -0.15) is 0 Å². The highest BCUT2D eigenvalue weighted by molar-refractivity contribution is 7.98. The normalized spacial score (nSPS) is 16.4. The van der Waals surface area contributed by atoms with Crippen LogP contribution in [0.1, 0.15) is 24.8 Å². The Morgan fingerprint density at radius 2 is 2.08 bits per heavy atom. The molecule has 0 atom stereocenters. The summed E-state index contributed by atoms with van der Waals surface area (Å²) >= 11 is 2.93. The van der Waals surface area contributed by atoms with Crippen LogP contribution in [-0.4, -0.2) is 40.0 Å². The molecule has 4 rings (SSSR count). The predicted molar refractivity (Wildman–Crippen MR) is 99.0 cm³/mol. The molecule has 1 aliphatic carbocycles.